The van der Waals surface area contributed by atoms with Gasteiger partial charge < -0.3 is 26.6 Å². The number of benzene rings is 2. The Labute approximate surface area is 208 Å². The first kappa shape index (κ1) is 27.4. The number of hydrogen-bond donors (Lipinski definition) is 5. The number of anilines is 1. The molecule has 0 saturated carbocycles. The van der Waals surface area contributed by atoms with Gasteiger partial charge in [-0.3, -0.25) is 14.4 Å². The Bertz CT molecular complexity index is 1110. The molecule has 0 aromatic heterocycles. The van der Waals surface area contributed by atoms with Crippen molar-refractivity contribution in [1.29, 1.82) is 0 Å². The van der Waals surface area contributed by atoms with Gasteiger partial charge in [0.1, 0.15) is 5.75 Å². The van der Waals surface area contributed by atoms with Crippen LogP contribution in [0.5, 0.6) is 5.75 Å². The summed E-state index contributed by atoms with van der Waals surface area (Å²) in [6.07, 6.45) is 2.26. The Morgan fingerprint density at radius 2 is 1.80 bits per heavy atom. The van der Waals surface area contributed by atoms with Gasteiger partial charge in [0, 0.05) is 31.3 Å². The second-order valence-electron chi connectivity index (χ2n) is 7.80. The van der Waals surface area contributed by atoms with Gasteiger partial charge in [0.2, 0.25) is 5.91 Å². The fourth-order valence-corrected chi connectivity index (χ4v) is 3.88. The normalized spacial score (nSPS) is 11.7. The zero-order valence-electron chi connectivity index (χ0n) is 19.9. The van der Waals surface area contributed by atoms with Crippen LogP contribution in [0.25, 0.3) is 6.08 Å². The van der Waals surface area contributed by atoms with Crippen LogP contribution in [0.3, 0.4) is 0 Å². The van der Waals surface area contributed by atoms with E-state index in [1.807, 2.05) is 0 Å². The van der Waals surface area contributed by atoms with Crippen LogP contribution in [0.15, 0.2) is 46.4 Å². The zero-order valence-corrected chi connectivity index (χ0v) is 20.7. The number of hydrazine groups is 1. The van der Waals surface area contributed by atoms with Gasteiger partial charge in [-0.05, 0) is 91.2 Å². The standard InChI is InChI=1S/C24H30N6O4S/c1-15-11-17(12-16(2)22(15)33)13-20(35-14-31)24(34)30(3)10-4-5-21(32)27-19-8-6-18(7-9-19)23(28-25)29-26/h6-9,11-14,33H,4-5,10,25-26H2,1-3H3,(H,27,32)(H,28,29)/b20-13-. The van der Waals surface area contributed by atoms with Crippen LogP contribution in [0.2, 0.25) is 0 Å². The van der Waals surface area contributed by atoms with E-state index < -0.39 is 0 Å². The molecule has 2 aromatic rings. The smallest absolute Gasteiger partial charge is 0.260 e. The van der Waals surface area contributed by atoms with Crippen molar-refractivity contribution in [2.75, 3.05) is 18.9 Å². The molecule has 0 heterocycles. The Kier molecular flexibility index (Phi) is 10.3. The number of hydrogen-bond acceptors (Lipinski definition) is 8. The molecule has 7 N–H and O–H groups in total. The number of hydrazone groups is 1. The number of aryl methyl sites for hydroxylation is 2. The van der Waals surface area contributed by atoms with Gasteiger partial charge in [-0.25, -0.2) is 5.84 Å². The maximum atomic E-state index is 12.9. The highest BCUT2D eigenvalue weighted by Gasteiger charge is 2.16. The monoisotopic (exact) mass is 498 g/mol. The maximum absolute atomic E-state index is 12.9. The molecular formula is C24H30N6O4S. The summed E-state index contributed by atoms with van der Waals surface area (Å²) >= 11 is 0.790. The third-order valence-corrected chi connectivity index (χ3v) is 5.79. The number of phenols is 1. The third kappa shape index (κ3) is 7.87. The molecular weight excluding hydrogens is 468 g/mol. The summed E-state index contributed by atoms with van der Waals surface area (Å²) in [5, 5.41) is 16.3. The molecule has 2 rings (SSSR count). The molecule has 0 aliphatic heterocycles. The molecule has 0 saturated heterocycles. The van der Waals surface area contributed by atoms with Crippen LogP contribution in [-0.4, -0.2) is 46.9 Å². The van der Waals surface area contributed by atoms with Crippen LogP contribution in [0, 0.1) is 13.8 Å². The molecule has 0 fully saturated rings. The van der Waals surface area contributed by atoms with E-state index in [2.05, 4.69) is 15.8 Å². The van der Waals surface area contributed by atoms with Crippen LogP contribution in [-0.2, 0) is 14.4 Å². The summed E-state index contributed by atoms with van der Waals surface area (Å²) in [6, 6.07) is 10.3. The predicted molar refractivity (Wildman–Crippen MR) is 140 cm³/mol. The van der Waals surface area contributed by atoms with Crippen LogP contribution < -0.4 is 22.4 Å². The van der Waals surface area contributed by atoms with Gasteiger partial charge in [-0.15, -0.1) is 0 Å². The quantitative estimate of drug-likeness (QED) is 0.0831. The number of rotatable bonds is 10. The number of amides is 2. The number of thioether (sulfide) groups is 1. The lowest BCUT2D eigenvalue weighted by molar-refractivity contribution is -0.125. The van der Waals surface area contributed by atoms with E-state index in [9.17, 15) is 19.5 Å². The summed E-state index contributed by atoms with van der Waals surface area (Å²) in [4.78, 5) is 38.0. The van der Waals surface area contributed by atoms with Gasteiger partial charge in [-0.2, -0.15) is 5.10 Å². The molecule has 0 unspecified atom stereocenters. The lowest BCUT2D eigenvalue weighted by Crippen LogP contribution is -2.32. The molecule has 0 radical (unpaired) electrons. The first-order valence-electron chi connectivity index (χ1n) is 10.7. The first-order chi connectivity index (χ1) is 16.7. The van der Waals surface area contributed by atoms with Crippen molar-refractivity contribution in [3.05, 3.63) is 63.6 Å². The Balaban J connectivity index is 1.94. The molecule has 2 aromatic carbocycles. The van der Waals surface area contributed by atoms with E-state index in [1.165, 1.54) is 4.90 Å². The average Bonchev–Trinajstić information content (AvgIpc) is 2.83. The highest BCUT2D eigenvalue weighted by Crippen LogP contribution is 2.26. The molecule has 0 spiro atoms. The highest BCUT2D eigenvalue weighted by atomic mass is 32.2. The number of amidine groups is 1. The molecule has 10 nitrogen and oxygen atoms in total. The van der Waals surface area contributed by atoms with Crippen molar-refractivity contribution < 1.29 is 19.5 Å². The summed E-state index contributed by atoms with van der Waals surface area (Å²) in [7, 11) is 1.62. The molecule has 2 amide bonds. The van der Waals surface area contributed by atoms with Crippen molar-refractivity contribution in [3.8, 4) is 5.75 Å². The van der Waals surface area contributed by atoms with Gasteiger partial charge in [0.05, 0.1) is 4.91 Å². The molecule has 186 valence electrons. The second kappa shape index (κ2) is 13.2. The summed E-state index contributed by atoms with van der Waals surface area (Å²) in [6.45, 7) is 3.86. The maximum Gasteiger partial charge on any atom is 0.260 e. The minimum absolute atomic E-state index is 0.198. The number of phenolic OH excluding ortho intramolecular Hbond substituents is 1. The lowest BCUT2D eigenvalue weighted by Gasteiger charge is -2.18. The zero-order chi connectivity index (χ0) is 26.0. The largest absolute Gasteiger partial charge is 0.507 e. The topological polar surface area (TPSA) is 163 Å². The number of nitrogens with two attached hydrogens (primary N) is 2. The van der Waals surface area contributed by atoms with Crippen molar-refractivity contribution in [1.82, 2.24) is 10.3 Å². The lowest BCUT2D eigenvalue weighted by atomic mass is 10.1. The number of carbonyl (C=O) groups excluding carboxylic acids is 3. The number of aromatic hydroxyl groups is 1. The van der Waals surface area contributed by atoms with Gasteiger partial charge in [0.15, 0.2) is 11.5 Å². The number of carbonyl (C=O) groups is 3. The Hall–Kier alpha value is -3.83. The SMILES string of the molecule is Cc1cc(/C=C(\SC=O)C(=O)N(C)CCCC(=O)Nc2ccc(/C(=N/N)NN)cc2)cc(C)c1O. The second-order valence-corrected chi connectivity index (χ2v) is 8.67. The van der Waals surface area contributed by atoms with E-state index in [0.717, 1.165) is 11.8 Å². The van der Waals surface area contributed by atoms with Crippen molar-refractivity contribution in [2.24, 2.45) is 16.8 Å². The van der Waals surface area contributed by atoms with E-state index in [1.54, 1.807) is 63.4 Å². The highest BCUT2D eigenvalue weighted by molar-refractivity contribution is 8.16. The summed E-state index contributed by atoms with van der Waals surface area (Å²) in [5.41, 5.74) is 6.32. The van der Waals surface area contributed by atoms with E-state index in [0.29, 0.717) is 52.4 Å². The number of nitrogens with zero attached hydrogens (tertiary/aromatic N) is 2. The fourth-order valence-electron chi connectivity index (χ4n) is 3.32. The minimum atomic E-state index is -0.327. The molecule has 0 aliphatic carbocycles. The van der Waals surface area contributed by atoms with Crippen molar-refractivity contribution >= 4 is 46.8 Å². The van der Waals surface area contributed by atoms with Crippen LogP contribution in [0.1, 0.15) is 35.1 Å². The van der Waals surface area contributed by atoms with Crippen molar-refractivity contribution in [3.63, 3.8) is 0 Å². The minimum Gasteiger partial charge on any atom is -0.507 e. The first-order valence-corrected chi connectivity index (χ1v) is 11.6. The van der Waals surface area contributed by atoms with Crippen LogP contribution >= 0.6 is 11.8 Å². The Morgan fingerprint density at radius 1 is 1.17 bits per heavy atom. The Morgan fingerprint density at radius 3 is 2.34 bits per heavy atom. The molecule has 0 aliphatic rings. The van der Waals surface area contributed by atoms with Gasteiger partial charge in [0.25, 0.3) is 5.91 Å². The summed E-state index contributed by atoms with van der Waals surface area (Å²) < 4.78 is 0. The fraction of sp³-hybridized carbons (Fsp3) is 0.250. The van der Waals surface area contributed by atoms with Crippen molar-refractivity contribution in [2.45, 2.75) is 26.7 Å². The number of nitrogens with one attached hydrogen (secondary N) is 2. The summed E-state index contributed by atoms with van der Waals surface area (Å²) in [5.74, 6) is 10.6. The van der Waals surface area contributed by atoms with Gasteiger partial charge in [-0.1, -0.05) is 0 Å². The van der Waals surface area contributed by atoms with E-state index >= 15 is 0 Å². The van der Waals surface area contributed by atoms with Gasteiger partial charge >= 0.3 is 0 Å². The molecule has 0 atom stereocenters. The predicted octanol–water partition coefficient (Wildman–Crippen LogP) is 2.23. The number of likely N-dealkylation sites (N-methyl/N-ethyl adjacent to an activating group) is 1. The molecule has 11 heteroatoms. The van der Waals surface area contributed by atoms with Crippen LogP contribution in [0.4, 0.5) is 5.69 Å². The molecule has 0 bridgehead atoms. The molecule has 35 heavy (non-hydrogen) atoms. The van der Waals surface area contributed by atoms with E-state index in [4.69, 9.17) is 11.7 Å². The average molecular weight is 499 g/mol. The van der Waals surface area contributed by atoms with E-state index in [-0.39, 0.29) is 28.9 Å². The third-order valence-electron chi connectivity index (χ3n) is 5.15.